The predicted molar refractivity (Wildman–Crippen MR) is 47.3 cm³/mol. The molecule has 0 spiro atoms. The SMILES string of the molecule is FB(F)C(Br)C1CCCCC1. The third-order valence-corrected chi connectivity index (χ3v) is 3.49. The molecule has 1 aliphatic rings. The summed E-state index contributed by atoms with van der Waals surface area (Å²) in [4.78, 5) is 0. The Balaban J connectivity index is 2.32. The number of rotatable bonds is 2. The summed E-state index contributed by atoms with van der Waals surface area (Å²) in [5.74, 6) is 0.212. The Morgan fingerprint density at radius 3 is 2.18 bits per heavy atom. The minimum absolute atomic E-state index is 0.212. The van der Waals surface area contributed by atoms with Crippen LogP contribution in [0.15, 0.2) is 0 Å². The second kappa shape index (κ2) is 4.44. The zero-order chi connectivity index (χ0) is 8.27. The highest BCUT2D eigenvalue weighted by Gasteiger charge is 2.33. The monoisotopic (exact) mass is 224 g/mol. The van der Waals surface area contributed by atoms with Crippen molar-refractivity contribution in [3.8, 4) is 0 Å². The highest BCUT2D eigenvalue weighted by molar-refractivity contribution is 9.10. The molecule has 4 heteroatoms. The largest absolute Gasteiger partial charge is 0.551 e. The minimum Gasteiger partial charge on any atom is -0.286 e. The first kappa shape index (κ1) is 9.49. The average molecular weight is 225 g/mol. The molecule has 64 valence electrons. The number of hydrogen-bond acceptors (Lipinski definition) is 0. The number of hydrogen-bond donors (Lipinski definition) is 0. The van der Waals surface area contributed by atoms with E-state index >= 15 is 0 Å². The molecule has 1 fully saturated rings. The van der Waals surface area contributed by atoms with Gasteiger partial charge in [-0.3, -0.25) is 8.63 Å². The van der Waals surface area contributed by atoms with Crippen LogP contribution in [0.1, 0.15) is 32.1 Å². The summed E-state index contributed by atoms with van der Waals surface area (Å²) in [7, 11) is -2.20. The molecule has 0 saturated heterocycles. The Labute approximate surface area is 75.0 Å². The average Bonchev–Trinajstić information content (AvgIpc) is 2.05. The van der Waals surface area contributed by atoms with Crippen LogP contribution in [0.3, 0.4) is 0 Å². The highest BCUT2D eigenvalue weighted by Crippen LogP contribution is 2.31. The molecule has 1 unspecified atom stereocenters. The second-order valence-corrected chi connectivity index (χ2v) is 4.23. The zero-order valence-electron chi connectivity index (χ0n) is 6.40. The van der Waals surface area contributed by atoms with Gasteiger partial charge in [-0.25, -0.2) is 0 Å². The van der Waals surface area contributed by atoms with Crippen molar-refractivity contribution in [1.29, 1.82) is 0 Å². The van der Waals surface area contributed by atoms with Crippen LogP contribution in [0, 0.1) is 5.92 Å². The van der Waals surface area contributed by atoms with E-state index in [0.29, 0.717) is 0 Å². The lowest BCUT2D eigenvalue weighted by Gasteiger charge is -2.24. The smallest absolute Gasteiger partial charge is 0.286 e. The standard InChI is InChI=1S/C7H12BBrF2/c9-7(8(10)11)6-4-2-1-3-5-6/h6-7H,1-5H2. The minimum atomic E-state index is -2.20. The van der Waals surface area contributed by atoms with Gasteiger partial charge in [0.1, 0.15) is 0 Å². The van der Waals surface area contributed by atoms with E-state index in [-0.39, 0.29) is 5.92 Å². The van der Waals surface area contributed by atoms with Crippen LogP contribution in [-0.2, 0) is 0 Å². The molecule has 1 saturated carbocycles. The topological polar surface area (TPSA) is 0 Å². The van der Waals surface area contributed by atoms with Gasteiger partial charge in [0.2, 0.25) is 0 Å². The second-order valence-electron chi connectivity index (χ2n) is 3.18. The molecule has 0 nitrogen and oxygen atoms in total. The van der Waals surface area contributed by atoms with Gasteiger partial charge in [-0.15, -0.1) is 0 Å². The number of alkyl halides is 1. The first-order valence-electron chi connectivity index (χ1n) is 4.14. The summed E-state index contributed by atoms with van der Waals surface area (Å²) in [6.45, 7) is 0. The summed E-state index contributed by atoms with van der Waals surface area (Å²) in [5.41, 5.74) is 0. The highest BCUT2D eigenvalue weighted by atomic mass is 79.9. The van der Waals surface area contributed by atoms with Crippen molar-refractivity contribution < 1.29 is 8.63 Å². The summed E-state index contributed by atoms with van der Waals surface area (Å²) in [6.07, 6.45) is 5.42. The van der Waals surface area contributed by atoms with Crippen LogP contribution >= 0.6 is 15.9 Å². The van der Waals surface area contributed by atoms with Crippen molar-refractivity contribution >= 4 is 23.2 Å². The molecule has 0 aromatic heterocycles. The molecule has 1 aliphatic carbocycles. The lowest BCUT2D eigenvalue weighted by Crippen LogP contribution is -2.27. The third-order valence-electron chi connectivity index (χ3n) is 2.34. The Morgan fingerprint density at radius 2 is 1.73 bits per heavy atom. The van der Waals surface area contributed by atoms with Crippen molar-refractivity contribution in [2.45, 2.75) is 36.8 Å². The van der Waals surface area contributed by atoms with Gasteiger partial charge in [-0.1, -0.05) is 35.2 Å². The molecule has 0 radical (unpaired) electrons. The summed E-state index contributed by atoms with van der Waals surface area (Å²) < 4.78 is 23.8. The summed E-state index contributed by atoms with van der Waals surface area (Å²) >= 11 is 3.05. The maximum absolute atomic E-state index is 12.2. The Bertz CT molecular complexity index is 115. The molecule has 0 aromatic carbocycles. The fourth-order valence-corrected chi connectivity index (χ4v) is 2.19. The summed E-state index contributed by atoms with van der Waals surface area (Å²) in [6, 6.07) is 0. The van der Waals surface area contributed by atoms with Gasteiger partial charge in [0.15, 0.2) is 0 Å². The van der Waals surface area contributed by atoms with Crippen molar-refractivity contribution in [1.82, 2.24) is 0 Å². The van der Waals surface area contributed by atoms with Gasteiger partial charge in [0.05, 0.1) is 4.73 Å². The van der Waals surface area contributed by atoms with Crippen molar-refractivity contribution in [3.63, 3.8) is 0 Å². The van der Waals surface area contributed by atoms with Crippen LogP contribution in [0.5, 0.6) is 0 Å². The van der Waals surface area contributed by atoms with Crippen LogP contribution in [0.25, 0.3) is 0 Å². The van der Waals surface area contributed by atoms with E-state index in [1.165, 1.54) is 6.42 Å². The number of halogens is 3. The molecule has 0 aliphatic heterocycles. The Hall–Kier alpha value is 0.405. The van der Waals surface area contributed by atoms with E-state index in [0.717, 1.165) is 25.7 Å². The zero-order valence-corrected chi connectivity index (χ0v) is 7.99. The molecule has 1 atom stereocenters. The van der Waals surface area contributed by atoms with Gasteiger partial charge in [0.25, 0.3) is 0 Å². The van der Waals surface area contributed by atoms with Gasteiger partial charge >= 0.3 is 7.27 Å². The third kappa shape index (κ3) is 2.73. The molecule has 1 rings (SSSR count). The summed E-state index contributed by atoms with van der Waals surface area (Å²) in [5, 5.41) is 0. The van der Waals surface area contributed by atoms with Crippen LogP contribution in [0.4, 0.5) is 8.63 Å². The maximum atomic E-state index is 12.2. The van der Waals surface area contributed by atoms with E-state index in [4.69, 9.17) is 0 Å². The van der Waals surface area contributed by atoms with Crippen LogP contribution in [0.2, 0.25) is 0 Å². The van der Waals surface area contributed by atoms with E-state index < -0.39 is 12.0 Å². The normalized spacial score (nSPS) is 23.2. The molecule has 0 amide bonds. The van der Waals surface area contributed by atoms with Crippen molar-refractivity contribution in [2.75, 3.05) is 0 Å². The lowest BCUT2D eigenvalue weighted by molar-refractivity contribution is 0.367. The first-order valence-corrected chi connectivity index (χ1v) is 5.05. The molecular formula is C7H12BBrF2. The molecule has 0 heterocycles. The van der Waals surface area contributed by atoms with E-state index in [1.807, 2.05) is 0 Å². The maximum Gasteiger partial charge on any atom is 0.551 e. The van der Waals surface area contributed by atoms with Gasteiger partial charge in [-0.05, 0) is 18.8 Å². The van der Waals surface area contributed by atoms with E-state index in [9.17, 15) is 8.63 Å². The lowest BCUT2D eigenvalue weighted by atomic mass is 9.75. The van der Waals surface area contributed by atoms with Crippen LogP contribution < -0.4 is 0 Å². The fraction of sp³-hybridized carbons (Fsp3) is 1.00. The molecular weight excluding hydrogens is 213 g/mol. The molecule has 0 aromatic rings. The predicted octanol–water partition coefficient (Wildman–Crippen LogP) is 3.30. The molecule has 0 bridgehead atoms. The fourth-order valence-electron chi connectivity index (χ4n) is 1.66. The van der Waals surface area contributed by atoms with Gasteiger partial charge in [-0.2, -0.15) is 0 Å². The Morgan fingerprint density at radius 1 is 1.18 bits per heavy atom. The molecule has 11 heavy (non-hydrogen) atoms. The van der Waals surface area contributed by atoms with Gasteiger partial charge < -0.3 is 0 Å². The van der Waals surface area contributed by atoms with Crippen LogP contribution in [-0.4, -0.2) is 12.0 Å². The first-order chi connectivity index (χ1) is 5.22. The van der Waals surface area contributed by atoms with Crippen molar-refractivity contribution in [2.24, 2.45) is 5.92 Å². The van der Waals surface area contributed by atoms with E-state index in [1.54, 1.807) is 0 Å². The van der Waals surface area contributed by atoms with Gasteiger partial charge in [0, 0.05) is 0 Å². The Kier molecular flexibility index (Phi) is 3.83. The quantitative estimate of drug-likeness (QED) is 0.499. The van der Waals surface area contributed by atoms with Crippen molar-refractivity contribution in [3.05, 3.63) is 0 Å². The van der Waals surface area contributed by atoms with E-state index in [2.05, 4.69) is 15.9 Å². The molecule has 0 N–H and O–H groups in total.